The van der Waals surface area contributed by atoms with E-state index in [4.69, 9.17) is 4.42 Å². The van der Waals surface area contributed by atoms with Gasteiger partial charge in [0.25, 0.3) is 5.91 Å². The van der Waals surface area contributed by atoms with E-state index in [-0.39, 0.29) is 11.9 Å². The van der Waals surface area contributed by atoms with Gasteiger partial charge in [0, 0.05) is 18.2 Å². The smallest absolute Gasteiger partial charge is 0.273 e. The van der Waals surface area contributed by atoms with Crippen LogP contribution < -0.4 is 10.6 Å². The molecule has 5 nitrogen and oxygen atoms in total. The van der Waals surface area contributed by atoms with Crippen LogP contribution in [0, 0.1) is 0 Å². The molecule has 1 amide bonds. The quantitative estimate of drug-likeness (QED) is 0.845. The van der Waals surface area contributed by atoms with Crippen LogP contribution in [0.25, 0.3) is 11.5 Å². The van der Waals surface area contributed by atoms with E-state index in [0.29, 0.717) is 18.1 Å². The van der Waals surface area contributed by atoms with E-state index in [2.05, 4.69) is 15.6 Å². The Bertz CT molecular complexity index is 551. The van der Waals surface area contributed by atoms with Crippen molar-refractivity contribution < 1.29 is 9.21 Å². The Balaban J connectivity index is 1.97. The molecule has 0 aliphatic carbocycles. The number of aromatic nitrogens is 1. The van der Waals surface area contributed by atoms with Crippen LogP contribution in [0.4, 0.5) is 0 Å². The maximum Gasteiger partial charge on any atom is 0.273 e. The van der Waals surface area contributed by atoms with Crippen molar-refractivity contribution in [3.05, 3.63) is 42.3 Å². The molecule has 106 valence electrons. The second kappa shape index (κ2) is 6.86. The molecule has 1 atom stereocenters. The number of likely N-dealkylation sites (N-methyl/N-ethyl adjacent to an activating group) is 1. The Morgan fingerprint density at radius 2 is 2.10 bits per heavy atom. The summed E-state index contributed by atoms with van der Waals surface area (Å²) in [5.41, 5.74) is 1.15. The first-order chi connectivity index (χ1) is 9.70. The third-order valence-corrected chi connectivity index (χ3v) is 2.88. The predicted molar refractivity (Wildman–Crippen MR) is 77.4 cm³/mol. The molecular formula is C15H19N3O2. The summed E-state index contributed by atoms with van der Waals surface area (Å²) < 4.78 is 5.34. The van der Waals surface area contributed by atoms with Gasteiger partial charge in [0.2, 0.25) is 5.89 Å². The van der Waals surface area contributed by atoms with Crippen molar-refractivity contribution >= 4 is 5.91 Å². The molecule has 2 aromatic rings. The number of carbonyl (C=O) groups excluding carboxylic acids is 1. The second-order valence-electron chi connectivity index (χ2n) is 4.57. The van der Waals surface area contributed by atoms with Gasteiger partial charge in [-0.15, -0.1) is 0 Å². The number of rotatable bonds is 6. The zero-order valence-corrected chi connectivity index (χ0v) is 11.7. The summed E-state index contributed by atoms with van der Waals surface area (Å²) in [5, 5.41) is 6.05. The van der Waals surface area contributed by atoms with Gasteiger partial charge in [-0.1, -0.05) is 25.1 Å². The summed E-state index contributed by atoms with van der Waals surface area (Å²) in [6.07, 6.45) is 1.38. The molecular weight excluding hydrogens is 254 g/mol. The molecule has 0 bridgehead atoms. The van der Waals surface area contributed by atoms with E-state index < -0.39 is 0 Å². The summed E-state index contributed by atoms with van der Waals surface area (Å²) in [5.74, 6) is 0.233. The first-order valence-corrected chi connectivity index (χ1v) is 6.73. The van der Waals surface area contributed by atoms with Crippen molar-refractivity contribution in [3.8, 4) is 11.5 Å². The van der Waals surface area contributed by atoms with E-state index in [9.17, 15) is 4.79 Å². The van der Waals surface area contributed by atoms with Crippen molar-refractivity contribution in [1.82, 2.24) is 15.6 Å². The largest absolute Gasteiger partial charge is 0.444 e. The highest BCUT2D eigenvalue weighted by atomic mass is 16.3. The van der Waals surface area contributed by atoms with Gasteiger partial charge in [-0.25, -0.2) is 4.98 Å². The fourth-order valence-electron chi connectivity index (χ4n) is 1.85. The molecule has 0 fully saturated rings. The van der Waals surface area contributed by atoms with Gasteiger partial charge >= 0.3 is 0 Å². The minimum Gasteiger partial charge on any atom is -0.444 e. The molecule has 0 aliphatic rings. The second-order valence-corrected chi connectivity index (χ2v) is 4.57. The number of hydrogen-bond donors (Lipinski definition) is 2. The maximum atomic E-state index is 11.9. The van der Waals surface area contributed by atoms with E-state index >= 15 is 0 Å². The minimum atomic E-state index is -0.222. The molecule has 1 aromatic carbocycles. The lowest BCUT2D eigenvalue weighted by Gasteiger charge is -2.12. The highest BCUT2D eigenvalue weighted by Gasteiger charge is 2.13. The minimum absolute atomic E-state index is 0.222. The van der Waals surface area contributed by atoms with E-state index in [1.165, 1.54) is 6.26 Å². The number of hydrogen-bond acceptors (Lipinski definition) is 4. The summed E-state index contributed by atoms with van der Waals surface area (Å²) in [6.45, 7) is 5.48. The molecule has 5 heteroatoms. The van der Waals surface area contributed by atoms with Crippen molar-refractivity contribution in [1.29, 1.82) is 0 Å². The molecule has 0 aliphatic heterocycles. The van der Waals surface area contributed by atoms with Gasteiger partial charge in [-0.3, -0.25) is 4.79 Å². The van der Waals surface area contributed by atoms with Crippen molar-refractivity contribution in [2.75, 3.05) is 13.1 Å². The van der Waals surface area contributed by atoms with Crippen LogP contribution in [0.5, 0.6) is 0 Å². The molecule has 2 N–H and O–H groups in total. The summed E-state index contributed by atoms with van der Waals surface area (Å²) in [4.78, 5) is 16.1. The Morgan fingerprint density at radius 1 is 1.35 bits per heavy atom. The fourth-order valence-corrected chi connectivity index (χ4v) is 1.85. The zero-order chi connectivity index (χ0) is 14.4. The van der Waals surface area contributed by atoms with Crippen LogP contribution >= 0.6 is 0 Å². The molecule has 2 rings (SSSR count). The molecule has 0 spiro atoms. The number of carbonyl (C=O) groups is 1. The average molecular weight is 273 g/mol. The number of nitrogens with zero attached hydrogens (tertiary/aromatic N) is 1. The van der Waals surface area contributed by atoms with Crippen LogP contribution in [0.3, 0.4) is 0 Å². The van der Waals surface area contributed by atoms with Gasteiger partial charge < -0.3 is 15.1 Å². The number of oxazole rings is 1. The first-order valence-electron chi connectivity index (χ1n) is 6.73. The van der Waals surface area contributed by atoms with Gasteiger partial charge in [0.05, 0.1) is 0 Å². The standard InChI is InChI=1S/C15H19N3O2/c1-3-16-11(2)9-17-14(19)13-10-20-15(18-13)12-7-5-4-6-8-12/h4-8,10-11,16H,3,9H2,1-2H3,(H,17,19)/t11-/m1/s1. The number of nitrogens with one attached hydrogen (secondary N) is 2. The van der Waals surface area contributed by atoms with Crippen LogP contribution in [0.15, 0.2) is 41.0 Å². The summed E-state index contributed by atoms with van der Waals surface area (Å²) >= 11 is 0. The SMILES string of the molecule is CCN[C@H](C)CNC(=O)c1coc(-c2ccccc2)n1. The van der Waals surface area contributed by atoms with Crippen LogP contribution in [-0.2, 0) is 0 Å². The molecule has 0 radical (unpaired) electrons. The number of benzene rings is 1. The topological polar surface area (TPSA) is 67.2 Å². The molecule has 1 heterocycles. The number of amides is 1. The van der Waals surface area contributed by atoms with Gasteiger partial charge in [-0.05, 0) is 25.6 Å². The highest BCUT2D eigenvalue weighted by Crippen LogP contribution is 2.17. The average Bonchev–Trinajstić information content (AvgIpc) is 2.96. The predicted octanol–water partition coefficient (Wildman–Crippen LogP) is 2.07. The third-order valence-electron chi connectivity index (χ3n) is 2.88. The van der Waals surface area contributed by atoms with E-state index in [0.717, 1.165) is 12.1 Å². The molecule has 20 heavy (non-hydrogen) atoms. The van der Waals surface area contributed by atoms with Crippen molar-refractivity contribution in [2.45, 2.75) is 19.9 Å². The van der Waals surface area contributed by atoms with Crippen LogP contribution in [0.2, 0.25) is 0 Å². The van der Waals surface area contributed by atoms with Gasteiger partial charge in [0.15, 0.2) is 5.69 Å². The Morgan fingerprint density at radius 3 is 2.80 bits per heavy atom. The normalized spacial score (nSPS) is 12.1. The Hall–Kier alpha value is -2.14. The van der Waals surface area contributed by atoms with E-state index in [1.807, 2.05) is 44.2 Å². The summed E-state index contributed by atoms with van der Waals surface area (Å²) in [6, 6.07) is 9.72. The molecule has 0 saturated carbocycles. The molecule has 0 saturated heterocycles. The lowest BCUT2D eigenvalue weighted by atomic mass is 10.2. The monoisotopic (exact) mass is 273 g/mol. The lowest BCUT2D eigenvalue weighted by molar-refractivity contribution is 0.0945. The maximum absolute atomic E-state index is 11.9. The van der Waals surface area contributed by atoms with Crippen molar-refractivity contribution in [3.63, 3.8) is 0 Å². The van der Waals surface area contributed by atoms with E-state index in [1.54, 1.807) is 0 Å². The van der Waals surface area contributed by atoms with Gasteiger partial charge in [0.1, 0.15) is 6.26 Å². The third kappa shape index (κ3) is 3.68. The Kier molecular flexibility index (Phi) is 4.90. The van der Waals surface area contributed by atoms with Crippen LogP contribution in [-0.4, -0.2) is 30.0 Å². The van der Waals surface area contributed by atoms with Crippen molar-refractivity contribution in [2.24, 2.45) is 0 Å². The zero-order valence-electron chi connectivity index (χ0n) is 11.7. The fraction of sp³-hybridized carbons (Fsp3) is 0.333. The molecule has 0 unspecified atom stereocenters. The lowest BCUT2D eigenvalue weighted by Crippen LogP contribution is -2.38. The highest BCUT2D eigenvalue weighted by molar-refractivity contribution is 5.92. The molecule has 1 aromatic heterocycles. The Labute approximate surface area is 118 Å². The summed E-state index contributed by atoms with van der Waals surface area (Å²) in [7, 11) is 0. The first kappa shape index (κ1) is 14.3. The van der Waals surface area contributed by atoms with Crippen LogP contribution in [0.1, 0.15) is 24.3 Å². The van der Waals surface area contributed by atoms with Gasteiger partial charge in [-0.2, -0.15) is 0 Å².